The standard InChI is InChI=1S/C8H5F3N4O2S2/c9-3-1-2-4(6(11)5(3)10)15-19(16,17)8-14-13-7(12)18-8/h1-2,15H,(H2,12,13). The Bertz CT molecular complexity index is 732. The average Bonchev–Trinajstić information content (AvgIpc) is 2.78. The van der Waals surface area contributed by atoms with Gasteiger partial charge < -0.3 is 5.73 Å². The average molecular weight is 310 g/mol. The molecule has 102 valence electrons. The largest absolute Gasteiger partial charge is 0.374 e. The molecule has 0 atom stereocenters. The smallest absolute Gasteiger partial charge is 0.291 e. The second-order valence-electron chi connectivity index (χ2n) is 3.23. The summed E-state index contributed by atoms with van der Waals surface area (Å²) in [7, 11) is -4.26. The second kappa shape index (κ2) is 4.66. The van der Waals surface area contributed by atoms with E-state index < -0.39 is 37.5 Å². The normalized spacial score (nSPS) is 11.5. The van der Waals surface area contributed by atoms with Gasteiger partial charge >= 0.3 is 0 Å². The maximum absolute atomic E-state index is 13.3. The lowest BCUT2D eigenvalue weighted by atomic mass is 10.3. The van der Waals surface area contributed by atoms with Crippen molar-refractivity contribution in [2.45, 2.75) is 4.34 Å². The predicted octanol–water partition coefficient (Wildman–Crippen LogP) is 1.34. The Hall–Kier alpha value is -1.88. The third kappa shape index (κ3) is 2.61. The molecule has 0 aliphatic carbocycles. The lowest BCUT2D eigenvalue weighted by Gasteiger charge is -2.06. The zero-order valence-electron chi connectivity index (χ0n) is 8.89. The number of nitrogens with zero attached hydrogens (tertiary/aromatic N) is 2. The van der Waals surface area contributed by atoms with Crippen LogP contribution in [0.25, 0.3) is 0 Å². The second-order valence-corrected chi connectivity index (χ2v) is 6.10. The van der Waals surface area contributed by atoms with Gasteiger partial charge in [-0.25, -0.2) is 13.2 Å². The van der Waals surface area contributed by atoms with E-state index in [1.54, 1.807) is 4.72 Å². The number of anilines is 2. The number of nitrogens with two attached hydrogens (primary N) is 1. The maximum Gasteiger partial charge on any atom is 0.291 e. The van der Waals surface area contributed by atoms with Crippen molar-refractivity contribution in [3.05, 3.63) is 29.6 Å². The number of hydrogen-bond acceptors (Lipinski definition) is 6. The Morgan fingerprint density at radius 1 is 1.16 bits per heavy atom. The molecule has 11 heteroatoms. The topological polar surface area (TPSA) is 98.0 Å². The van der Waals surface area contributed by atoms with E-state index in [-0.39, 0.29) is 5.13 Å². The molecule has 0 aliphatic rings. The monoisotopic (exact) mass is 310 g/mol. The summed E-state index contributed by atoms with van der Waals surface area (Å²) in [5.41, 5.74) is 4.47. The Morgan fingerprint density at radius 3 is 2.42 bits per heavy atom. The highest BCUT2D eigenvalue weighted by molar-refractivity contribution is 7.94. The summed E-state index contributed by atoms with van der Waals surface area (Å²) in [4.78, 5) is 0. The Labute approximate surface area is 109 Å². The zero-order chi connectivity index (χ0) is 14.2. The van der Waals surface area contributed by atoms with Gasteiger partial charge in [0.15, 0.2) is 17.5 Å². The molecule has 6 nitrogen and oxygen atoms in total. The summed E-state index contributed by atoms with van der Waals surface area (Å²) in [5.74, 6) is -4.86. The summed E-state index contributed by atoms with van der Waals surface area (Å²) in [5, 5.41) is 6.43. The van der Waals surface area contributed by atoms with E-state index in [1.807, 2.05) is 0 Å². The number of rotatable bonds is 3. The summed E-state index contributed by atoms with van der Waals surface area (Å²) in [6, 6.07) is 1.33. The minimum Gasteiger partial charge on any atom is -0.374 e. The van der Waals surface area contributed by atoms with Gasteiger partial charge in [-0.3, -0.25) is 4.72 Å². The Morgan fingerprint density at radius 2 is 1.84 bits per heavy atom. The first-order chi connectivity index (χ1) is 8.81. The molecule has 1 aromatic carbocycles. The van der Waals surface area contributed by atoms with Crippen LogP contribution in [0.15, 0.2) is 16.5 Å². The number of nitrogens with one attached hydrogen (secondary N) is 1. The molecule has 0 bridgehead atoms. The van der Waals surface area contributed by atoms with Crippen LogP contribution in [-0.2, 0) is 10.0 Å². The molecule has 2 rings (SSSR count). The first-order valence-corrected chi connectivity index (χ1v) is 6.86. The molecule has 0 unspecified atom stereocenters. The van der Waals surface area contributed by atoms with Crippen LogP contribution < -0.4 is 10.5 Å². The molecule has 0 amide bonds. The third-order valence-corrected chi connectivity index (χ3v) is 4.42. The van der Waals surface area contributed by atoms with Gasteiger partial charge in [0.2, 0.25) is 5.13 Å². The number of halogens is 3. The molecule has 0 fully saturated rings. The van der Waals surface area contributed by atoms with Gasteiger partial charge in [0.25, 0.3) is 14.4 Å². The van der Waals surface area contributed by atoms with Crippen LogP contribution in [0.1, 0.15) is 0 Å². The van der Waals surface area contributed by atoms with E-state index in [9.17, 15) is 21.6 Å². The molecule has 19 heavy (non-hydrogen) atoms. The fraction of sp³-hybridized carbons (Fsp3) is 0. The highest BCUT2D eigenvalue weighted by Crippen LogP contribution is 2.24. The lowest BCUT2D eigenvalue weighted by Crippen LogP contribution is -2.14. The van der Waals surface area contributed by atoms with Crippen molar-refractivity contribution in [2.75, 3.05) is 10.5 Å². The van der Waals surface area contributed by atoms with Crippen molar-refractivity contribution >= 4 is 32.2 Å². The Kier molecular flexibility index (Phi) is 3.32. The van der Waals surface area contributed by atoms with Crippen molar-refractivity contribution in [1.29, 1.82) is 0 Å². The van der Waals surface area contributed by atoms with Gasteiger partial charge in [0, 0.05) is 0 Å². The van der Waals surface area contributed by atoms with Crippen LogP contribution in [0.5, 0.6) is 0 Å². The number of sulfonamides is 1. The van der Waals surface area contributed by atoms with Crippen molar-refractivity contribution in [2.24, 2.45) is 0 Å². The fourth-order valence-electron chi connectivity index (χ4n) is 1.12. The van der Waals surface area contributed by atoms with Gasteiger partial charge in [-0.2, -0.15) is 8.42 Å². The molecule has 3 N–H and O–H groups in total. The fourth-order valence-corrected chi connectivity index (χ4v) is 2.97. The van der Waals surface area contributed by atoms with E-state index in [4.69, 9.17) is 5.73 Å². The summed E-state index contributed by atoms with van der Waals surface area (Å²) in [6.45, 7) is 0. The zero-order valence-corrected chi connectivity index (χ0v) is 10.5. The molecule has 0 spiro atoms. The van der Waals surface area contributed by atoms with Crippen LogP contribution >= 0.6 is 11.3 Å². The van der Waals surface area contributed by atoms with Gasteiger partial charge in [0.1, 0.15) is 0 Å². The minimum atomic E-state index is -4.26. The first-order valence-electron chi connectivity index (χ1n) is 4.56. The SMILES string of the molecule is Nc1nnc(S(=O)(=O)Nc2ccc(F)c(F)c2F)s1. The summed E-state index contributed by atoms with van der Waals surface area (Å²) >= 11 is 0.542. The van der Waals surface area contributed by atoms with E-state index in [0.29, 0.717) is 17.4 Å². The molecule has 1 aromatic heterocycles. The third-order valence-electron chi connectivity index (χ3n) is 1.93. The lowest BCUT2D eigenvalue weighted by molar-refractivity contribution is 0.449. The first kappa shape index (κ1) is 13.5. The van der Waals surface area contributed by atoms with Crippen molar-refractivity contribution in [3.8, 4) is 0 Å². The number of aromatic nitrogens is 2. The molecule has 0 saturated heterocycles. The predicted molar refractivity (Wildman–Crippen MR) is 61.4 cm³/mol. The van der Waals surface area contributed by atoms with Gasteiger partial charge in [-0.1, -0.05) is 11.3 Å². The van der Waals surface area contributed by atoms with Crippen molar-refractivity contribution in [3.63, 3.8) is 0 Å². The molecule has 2 aromatic rings. The van der Waals surface area contributed by atoms with E-state index >= 15 is 0 Å². The molecule has 0 aliphatic heterocycles. The molecular formula is C8H5F3N4O2S2. The van der Waals surface area contributed by atoms with Crippen molar-refractivity contribution in [1.82, 2.24) is 10.2 Å². The van der Waals surface area contributed by atoms with E-state index in [1.165, 1.54) is 0 Å². The quantitative estimate of drug-likeness (QED) is 0.834. The van der Waals surface area contributed by atoms with E-state index in [2.05, 4.69) is 10.2 Å². The molecular weight excluding hydrogens is 305 g/mol. The van der Waals surface area contributed by atoms with Crippen LogP contribution in [0.4, 0.5) is 24.0 Å². The number of benzene rings is 1. The molecule has 0 saturated carbocycles. The number of hydrogen-bond donors (Lipinski definition) is 2. The van der Waals surface area contributed by atoms with Crippen LogP contribution in [0.3, 0.4) is 0 Å². The summed E-state index contributed by atoms with van der Waals surface area (Å²) < 4.78 is 63.6. The highest BCUT2D eigenvalue weighted by atomic mass is 32.2. The minimum absolute atomic E-state index is 0.105. The van der Waals surface area contributed by atoms with Gasteiger partial charge in [-0.15, -0.1) is 10.2 Å². The number of nitrogen functional groups attached to an aromatic ring is 1. The Balaban J connectivity index is 2.39. The molecule has 1 heterocycles. The highest BCUT2D eigenvalue weighted by Gasteiger charge is 2.23. The van der Waals surface area contributed by atoms with Crippen LogP contribution in [0.2, 0.25) is 0 Å². The summed E-state index contributed by atoms with van der Waals surface area (Å²) in [6.07, 6.45) is 0. The van der Waals surface area contributed by atoms with Gasteiger partial charge in [-0.05, 0) is 12.1 Å². The van der Waals surface area contributed by atoms with Crippen LogP contribution in [-0.4, -0.2) is 18.6 Å². The van der Waals surface area contributed by atoms with Crippen molar-refractivity contribution < 1.29 is 21.6 Å². The van der Waals surface area contributed by atoms with Crippen LogP contribution in [0, 0.1) is 17.5 Å². The molecule has 0 radical (unpaired) electrons. The van der Waals surface area contributed by atoms with E-state index in [0.717, 1.165) is 6.07 Å². The maximum atomic E-state index is 13.3. The van der Waals surface area contributed by atoms with Gasteiger partial charge in [0.05, 0.1) is 5.69 Å².